The molecule has 0 unspecified atom stereocenters. The van der Waals surface area contributed by atoms with Gasteiger partial charge in [-0.25, -0.2) is 0 Å². The van der Waals surface area contributed by atoms with Gasteiger partial charge in [0.05, 0.1) is 12.0 Å². The van der Waals surface area contributed by atoms with E-state index in [0.717, 1.165) is 12.8 Å². The molecule has 1 saturated heterocycles. The highest BCUT2D eigenvalue weighted by Gasteiger charge is 2.45. The first-order valence-corrected chi connectivity index (χ1v) is 6.06. The molecule has 3 heteroatoms. The number of allylic oxidation sites excluding steroid dienone is 1. The summed E-state index contributed by atoms with van der Waals surface area (Å²) in [6.07, 6.45) is 5.98. The van der Waals surface area contributed by atoms with E-state index in [9.17, 15) is 9.59 Å². The van der Waals surface area contributed by atoms with Crippen LogP contribution in [-0.2, 0) is 9.59 Å². The molecule has 3 nitrogen and oxygen atoms in total. The van der Waals surface area contributed by atoms with Crippen molar-refractivity contribution in [3.8, 4) is 0 Å². The maximum Gasteiger partial charge on any atom is 0.233 e. The van der Waals surface area contributed by atoms with Crippen molar-refractivity contribution in [1.82, 2.24) is 4.90 Å². The van der Waals surface area contributed by atoms with Gasteiger partial charge >= 0.3 is 0 Å². The highest BCUT2D eigenvalue weighted by molar-refractivity contribution is 6.05. The molecule has 1 amide bonds. The maximum atomic E-state index is 12.1. The van der Waals surface area contributed by atoms with Crippen LogP contribution in [0.25, 0.3) is 0 Å². The molecule has 0 radical (unpaired) electrons. The zero-order chi connectivity index (χ0) is 11.9. The van der Waals surface area contributed by atoms with Gasteiger partial charge < -0.3 is 4.90 Å². The molecule has 16 heavy (non-hydrogen) atoms. The first-order valence-electron chi connectivity index (χ1n) is 6.06. The maximum absolute atomic E-state index is 12.1. The summed E-state index contributed by atoms with van der Waals surface area (Å²) in [5.41, 5.74) is 0. The summed E-state index contributed by atoms with van der Waals surface area (Å²) in [5, 5.41) is 0. The highest BCUT2D eigenvalue weighted by Crippen LogP contribution is 2.33. The number of nitrogens with zero attached hydrogens (tertiary/aromatic N) is 1. The van der Waals surface area contributed by atoms with Gasteiger partial charge in [0.25, 0.3) is 0 Å². The number of hydrogen-bond acceptors (Lipinski definition) is 2. The predicted octanol–water partition coefficient (Wildman–Crippen LogP) is 1.78. The number of piperidine rings is 1. The molecule has 1 aliphatic carbocycles. The molecule has 3 atom stereocenters. The number of hydrogen-bond donors (Lipinski definition) is 0. The van der Waals surface area contributed by atoms with Gasteiger partial charge in [0, 0.05) is 12.0 Å². The fraction of sp³-hybridized carbons (Fsp3) is 0.692. The van der Waals surface area contributed by atoms with E-state index in [1.807, 2.05) is 24.8 Å². The van der Waals surface area contributed by atoms with E-state index >= 15 is 0 Å². The highest BCUT2D eigenvalue weighted by atomic mass is 16.2. The molecule has 0 bridgehead atoms. The smallest absolute Gasteiger partial charge is 0.233 e. The minimum Gasteiger partial charge on any atom is -0.332 e. The average molecular weight is 221 g/mol. The molecule has 0 aromatic rings. The summed E-state index contributed by atoms with van der Waals surface area (Å²) < 4.78 is 0. The lowest BCUT2D eigenvalue weighted by Crippen LogP contribution is -2.58. The number of Topliss-reactive ketones (excluding diaryl/α,β-unsaturated/α-hetero) is 1. The second kappa shape index (κ2) is 4.04. The van der Waals surface area contributed by atoms with E-state index in [-0.39, 0.29) is 29.7 Å². The molecular weight excluding hydrogens is 202 g/mol. The number of amides is 1. The van der Waals surface area contributed by atoms with Gasteiger partial charge in [-0.3, -0.25) is 9.59 Å². The fourth-order valence-electron chi connectivity index (χ4n) is 2.83. The summed E-state index contributed by atoms with van der Waals surface area (Å²) >= 11 is 0. The van der Waals surface area contributed by atoms with Crippen molar-refractivity contribution in [2.24, 2.45) is 11.8 Å². The monoisotopic (exact) mass is 221 g/mol. The van der Waals surface area contributed by atoms with Crippen LogP contribution in [0.1, 0.15) is 33.6 Å². The Kier molecular flexibility index (Phi) is 2.87. The minimum absolute atomic E-state index is 0.00458. The second-order valence-corrected chi connectivity index (χ2v) is 5.07. The van der Waals surface area contributed by atoms with Gasteiger partial charge in [-0.1, -0.05) is 12.2 Å². The molecular formula is C13H19NO2. The molecule has 0 aromatic carbocycles. The summed E-state index contributed by atoms with van der Waals surface area (Å²) in [6, 6.07) is 0.170. The Morgan fingerprint density at radius 1 is 1.38 bits per heavy atom. The summed E-state index contributed by atoms with van der Waals surface area (Å²) in [6.45, 7) is 5.77. The topological polar surface area (TPSA) is 37.4 Å². The third-order valence-corrected chi connectivity index (χ3v) is 3.68. The van der Waals surface area contributed by atoms with Crippen LogP contribution in [0, 0.1) is 11.8 Å². The number of fused-ring (bicyclic) bond motifs is 1. The van der Waals surface area contributed by atoms with Gasteiger partial charge in [-0.05, 0) is 33.6 Å². The third-order valence-electron chi connectivity index (χ3n) is 3.68. The molecule has 0 N–H and O–H groups in total. The van der Waals surface area contributed by atoms with Crippen LogP contribution in [0.3, 0.4) is 0 Å². The van der Waals surface area contributed by atoms with Crippen molar-refractivity contribution in [3.63, 3.8) is 0 Å². The summed E-state index contributed by atoms with van der Waals surface area (Å²) in [4.78, 5) is 26.0. The zero-order valence-electron chi connectivity index (χ0n) is 10.1. The number of likely N-dealkylation sites (tertiary alicyclic amines) is 1. The van der Waals surface area contributed by atoms with E-state index in [4.69, 9.17) is 0 Å². The van der Waals surface area contributed by atoms with Crippen molar-refractivity contribution < 1.29 is 9.59 Å². The average Bonchev–Trinajstić information content (AvgIpc) is 2.26. The lowest BCUT2D eigenvalue weighted by Gasteiger charge is -2.45. The van der Waals surface area contributed by atoms with Gasteiger partial charge in [0.2, 0.25) is 5.91 Å². The molecule has 1 aliphatic heterocycles. The van der Waals surface area contributed by atoms with Gasteiger partial charge in [-0.15, -0.1) is 0 Å². The van der Waals surface area contributed by atoms with Crippen LogP contribution in [0.15, 0.2) is 12.2 Å². The van der Waals surface area contributed by atoms with E-state index in [1.165, 1.54) is 0 Å². The van der Waals surface area contributed by atoms with Gasteiger partial charge in [-0.2, -0.15) is 0 Å². The molecule has 0 aromatic heterocycles. The lowest BCUT2D eigenvalue weighted by atomic mass is 9.76. The molecule has 0 spiro atoms. The Labute approximate surface area is 96.5 Å². The van der Waals surface area contributed by atoms with Crippen LogP contribution in [-0.4, -0.2) is 28.7 Å². The Bertz CT molecular complexity index is 346. The van der Waals surface area contributed by atoms with E-state index in [0.29, 0.717) is 0 Å². The minimum atomic E-state index is -0.449. The number of carbonyl (C=O) groups is 2. The molecule has 2 aliphatic rings. The lowest BCUT2D eigenvalue weighted by molar-refractivity contribution is -0.153. The first-order chi connectivity index (χ1) is 7.54. The van der Waals surface area contributed by atoms with Crippen molar-refractivity contribution in [2.75, 3.05) is 0 Å². The quantitative estimate of drug-likeness (QED) is 0.500. The third kappa shape index (κ3) is 1.58. The molecule has 0 saturated carbocycles. The largest absolute Gasteiger partial charge is 0.332 e. The molecule has 1 heterocycles. The van der Waals surface area contributed by atoms with Crippen LogP contribution in [0.4, 0.5) is 0 Å². The number of ketones is 1. The fourth-order valence-corrected chi connectivity index (χ4v) is 2.83. The zero-order valence-corrected chi connectivity index (χ0v) is 10.1. The van der Waals surface area contributed by atoms with Crippen molar-refractivity contribution >= 4 is 11.7 Å². The summed E-state index contributed by atoms with van der Waals surface area (Å²) in [5.74, 6) is -0.292. The number of rotatable bonds is 1. The normalized spacial score (nSPS) is 34.5. The van der Waals surface area contributed by atoms with Crippen LogP contribution in [0.5, 0.6) is 0 Å². The van der Waals surface area contributed by atoms with Crippen LogP contribution < -0.4 is 0 Å². The van der Waals surface area contributed by atoms with E-state index in [1.54, 1.807) is 6.92 Å². The first kappa shape index (κ1) is 11.4. The molecule has 88 valence electrons. The van der Waals surface area contributed by atoms with Crippen molar-refractivity contribution in [1.29, 1.82) is 0 Å². The summed E-state index contributed by atoms with van der Waals surface area (Å²) in [7, 11) is 0. The predicted molar refractivity (Wildman–Crippen MR) is 61.8 cm³/mol. The standard InChI is InChI=1S/C13H19NO2/c1-8(2)14-11-7-5-4-6-10(11)12(15)9(3)13(14)16/h5,7-11H,4,6H2,1-3H3/t9-,10+,11-/m1/s1. The van der Waals surface area contributed by atoms with Gasteiger partial charge in [0.15, 0.2) is 0 Å². The Balaban J connectivity index is 2.37. The van der Waals surface area contributed by atoms with Gasteiger partial charge in [0.1, 0.15) is 5.78 Å². The number of carbonyl (C=O) groups excluding carboxylic acids is 2. The Morgan fingerprint density at radius 2 is 2.06 bits per heavy atom. The Hall–Kier alpha value is -1.12. The SMILES string of the molecule is CC(C)N1C(=O)[C@H](C)C(=O)[C@H]2CCC=C[C@H]21. The van der Waals surface area contributed by atoms with E-state index < -0.39 is 5.92 Å². The van der Waals surface area contributed by atoms with Crippen LogP contribution in [0.2, 0.25) is 0 Å². The second-order valence-electron chi connectivity index (χ2n) is 5.07. The van der Waals surface area contributed by atoms with Crippen molar-refractivity contribution in [2.45, 2.75) is 45.7 Å². The van der Waals surface area contributed by atoms with Crippen LogP contribution >= 0.6 is 0 Å². The molecule has 1 fully saturated rings. The van der Waals surface area contributed by atoms with Crippen molar-refractivity contribution in [3.05, 3.63) is 12.2 Å². The van der Waals surface area contributed by atoms with E-state index in [2.05, 4.69) is 6.08 Å². The Morgan fingerprint density at radius 3 is 2.69 bits per heavy atom. The molecule has 2 rings (SSSR count).